The molecule has 0 aliphatic heterocycles. The van der Waals surface area contributed by atoms with Crippen molar-refractivity contribution in [1.82, 2.24) is 5.32 Å². The molecule has 1 rings (SSSR count). The fourth-order valence-electron chi connectivity index (χ4n) is 2.28. The monoisotopic (exact) mass is 285 g/mol. The SMILES string of the molecule is CCCNC(Cc1cccc(F)c1F)C(C)(CC)OC. The highest BCUT2D eigenvalue weighted by Gasteiger charge is 2.32. The van der Waals surface area contributed by atoms with Crippen LogP contribution in [-0.4, -0.2) is 25.3 Å². The van der Waals surface area contributed by atoms with Gasteiger partial charge in [-0.3, -0.25) is 0 Å². The first-order valence-electron chi connectivity index (χ1n) is 7.19. The van der Waals surface area contributed by atoms with Gasteiger partial charge >= 0.3 is 0 Å². The molecule has 0 aliphatic carbocycles. The van der Waals surface area contributed by atoms with Crippen LogP contribution < -0.4 is 5.32 Å². The zero-order chi connectivity index (χ0) is 15.2. The van der Waals surface area contributed by atoms with Crippen LogP contribution in [0.15, 0.2) is 18.2 Å². The molecule has 0 heterocycles. The number of halogens is 2. The molecule has 0 aromatic heterocycles. The van der Waals surface area contributed by atoms with Gasteiger partial charge in [0.1, 0.15) is 0 Å². The number of rotatable bonds is 8. The van der Waals surface area contributed by atoms with Gasteiger partial charge in [0.05, 0.1) is 5.60 Å². The lowest BCUT2D eigenvalue weighted by Crippen LogP contribution is -2.51. The van der Waals surface area contributed by atoms with E-state index in [1.54, 1.807) is 19.2 Å². The molecule has 0 amide bonds. The summed E-state index contributed by atoms with van der Waals surface area (Å²) in [4.78, 5) is 0. The Kier molecular flexibility index (Phi) is 6.56. The summed E-state index contributed by atoms with van der Waals surface area (Å²) >= 11 is 0. The number of hydrogen-bond acceptors (Lipinski definition) is 2. The van der Waals surface area contributed by atoms with E-state index in [-0.39, 0.29) is 6.04 Å². The molecule has 4 heteroatoms. The van der Waals surface area contributed by atoms with Gasteiger partial charge in [-0.2, -0.15) is 0 Å². The summed E-state index contributed by atoms with van der Waals surface area (Å²) in [5.41, 5.74) is -0.0242. The maximum absolute atomic E-state index is 13.8. The van der Waals surface area contributed by atoms with Crippen molar-refractivity contribution in [1.29, 1.82) is 0 Å². The first kappa shape index (κ1) is 17.1. The molecule has 1 aromatic carbocycles. The molecule has 0 radical (unpaired) electrons. The van der Waals surface area contributed by atoms with E-state index in [9.17, 15) is 8.78 Å². The third-order valence-electron chi connectivity index (χ3n) is 4.00. The van der Waals surface area contributed by atoms with Crippen molar-refractivity contribution in [2.75, 3.05) is 13.7 Å². The molecule has 0 bridgehead atoms. The van der Waals surface area contributed by atoms with E-state index in [1.165, 1.54) is 0 Å². The molecule has 1 aromatic rings. The number of benzene rings is 1. The number of nitrogens with one attached hydrogen (secondary N) is 1. The van der Waals surface area contributed by atoms with Crippen molar-refractivity contribution in [3.8, 4) is 0 Å². The molecule has 2 nitrogen and oxygen atoms in total. The second-order valence-corrected chi connectivity index (χ2v) is 5.29. The Bertz CT molecular complexity index is 419. The van der Waals surface area contributed by atoms with E-state index in [2.05, 4.69) is 12.2 Å². The summed E-state index contributed by atoms with van der Waals surface area (Å²) in [5, 5.41) is 3.39. The van der Waals surface area contributed by atoms with Gasteiger partial charge in [-0.1, -0.05) is 26.0 Å². The average Bonchev–Trinajstić information content (AvgIpc) is 2.46. The lowest BCUT2D eigenvalue weighted by molar-refractivity contribution is -0.0289. The Morgan fingerprint density at radius 2 is 2.00 bits per heavy atom. The maximum Gasteiger partial charge on any atom is 0.162 e. The second kappa shape index (κ2) is 7.70. The largest absolute Gasteiger partial charge is 0.377 e. The van der Waals surface area contributed by atoms with Crippen molar-refractivity contribution >= 4 is 0 Å². The Morgan fingerprint density at radius 3 is 2.55 bits per heavy atom. The molecule has 114 valence electrons. The predicted molar refractivity (Wildman–Crippen MR) is 77.8 cm³/mol. The Morgan fingerprint density at radius 1 is 1.30 bits per heavy atom. The minimum Gasteiger partial charge on any atom is -0.377 e. The van der Waals surface area contributed by atoms with Gasteiger partial charge in [-0.25, -0.2) is 8.78 Å². The van der Waals surface area contributed by atoms with Gasteiger partial charge in [0.15, 0.2) is 11.6 Å². The van der Waals surface area contributed by atoms with Gasteiger partial charge in [0.25, 0.3) is 0 Å². The van der Waals surface area contributed by atoms with Gasteiger partial charge in [-0.15, -0.1) is 0 Å². The summed E-state index contributed by atoms with van der Waals surface area (Å²) in [6.45, 7) is 6.92. The van der Waals surface area contributed by atoms with Gasteiger partial charge in [-0.05, 0) is 44.4 Å². The van der Waals surface area contributed by atoms with Crippen molar-refractivity contribution in [2.45, 2.75) is 51.7 Å². The number of methoxy groups -OCH3 is 1. The number of hydrogen-bond donors (Lipinski definition) is 1. The van der Waals surface area contributed by atoms with Crippen molar-refractivity contribution in [2.24, 2.45) is 0 Å². The molecule has 2 unspecified atom stereocenters. The van der Waals surface area contributed by atoms with Crippen LogP contribution in [0.5, 0.6) is 0 Å². The minimum absolute atomic E-state index is 0.0613. The van der Waals surface area contributed by atoms with E-state index >= 15 is 0 Å². The Labute approximate surface area is 120 Å². The van der Waals surface area contributed by atoms with Gasteiger partial charge < -0.3 is 10.1 Å². The number of ether oxygens (including phenoxy) is 1. The molecule has 0 saturated carbocycles. The molecule has 0 fully saturated rings. The molecule has 20 heavy (non-hydrogen) atoms. The maximum atomic E-state index is 13.8. The van der Waals surface area contributed by atoms with Crippen LogP contribution in [-0.2, 0) is 11.2 Å². The summed E-state index contributed by atoms with van der Waals surface area (Å²) in [5.74, 6) is -1.56. The quantitative estimate of drug-likeness (QED) is 0.786. The third-order valence-corrected chi connectivity index (χ3v) is 4.00. The summed E-state index contributed by atoms with van der Waals surface area (Å²) in [6, 6.07) is 4.25. The smallest absolute Gasteiger partial charge is 0.162 e. The first-order valence-corrected chi connectivity index (χ1v) is 7.19. The highest BCUT2D eigenvalue weighted by molar-refractivity contribution is 5.21. The second-order valence-electron chi connectivity index (χ2n) is 5.29. The van der Waals surface area contributed by atoms with Crippen LogP contribution in [0.1, 0.15) is 39.2 Å². The normalized spacial score (nSPS) is 15.9. The third kappa shape index (κ3) is 4.00. The molecule has 0 spiro atoms. The van der Waals surface area contributed by atoms with E-state index in [0.29, 0.717) is 12.0 Å². The van der Waals surface area contributed by atoms with Crippen LogP contribution >= 0.6 is 0 Å². The molecular formula is C16H25F2NO. The lowest BCUT2D eigenvalue weighted by atomic mass is 9.88. The standard InChI is InChI=1S/C16H25F2NO/c1-5-10-19-14(16(3,6-2)20-4)11-12-8-7-9-13(17)15(12)18/h7-9,14,19H,5-6,10-11H2,1-4H3. The van der Waals surface area contributed by atoms with Crippen molar-refractivity contribution < 1.29 is 13.5 Å². The zero-order valence-electron chi connectivity index (χ0n) is 12.8. The van der Waals surface area contributed by atoms with Gasteiger partial charge in [0, 0.05) is 13.2 Å². The molecular weight excluding hydrogens is 260 g/mol. The summed E-state index contributed by atoms with van der Waals surface area (Å²) < 4.78 is 32.8. The van der Waals surface area contributed by atoms with Crippen LogP contribution in [0.4, 0.5) is 8.78 Å². The molecule has 1 N–H and O–H groups in total. The van der Waals surface area contributed by atoms with Gasteiger partial charge in [0.2, 0.25) is 0 Å². The minimum atomic E-state index is -0.799. The Hall–Kier alpha value is -1.00. The van der Waals surface area contributed by atoms with E-state index in [4.69, 9.17) is 4.74 Å². The highest BCUT2D eigenvalue weighted by Crippen LogP contribution is 2.24. The van der Waals surface area contributed by atoms with Crippen LogP contribution in [0.3, 0.4) is 0 Å². The van der Waals surface area contributed by atoms with Crippen LogP contribution in [0.2, 0.25) is 0 Å². The molecule has 0 saturated heterocycles. The lowest BCUT2D eigenvalue weighted by Gasteiger charge is -2.36. The summed E-state index contributed by atoms with van der Waals surface area (Å²) in [7, 11) is 1.66. The predicted octanol–water partition coefficient (Wildman–Crippen LogP) is 3.69. The van der Waals surface area contributed by atoms with Crippen LogP contribution in [0.25, 0.3) is 0 Å². The fourth-order valence-corrected chi connectivity index (χ4v) is 2.28. The first-order chi connectivity index (χ1) is 9.48. The van der Waals surface area contributed by atoms with E-state index in [0.717, 1.165) is 25.5 Å². The molecule has 0 aliphatic rings. The van der Waals surface area contributed by atoms with E-state index < -0.39 is 17.2 Å². The zero-order valence-corrected chi connectivity index (χ0v) is 12.8. The molecule has 2 atom stereocenters. The highest BCUT2D eigenvalue weighted by atomic mass is 19.2. The van der Waals surface area contributed by atoms with Crippen LogP contribution in [0, 0.1) is 11.6 Å². The average molecular weight is 285 g/mol. The van der Waals surface area contributed by atoms with Crippen molar-refractivity contribution in [3.05, 3.63) is 35.4 Å². The summed E-state index contributed by atoms with van der Waals surface area (Å²) in [6.07, 6.45) is 2.18. The fraction of sp³-hybridized carbons (Fsp3) is 0.625. The van der Waals surface area contributed by atoms with Crippen molar-refractivity contribution in [3.63, 3.8) is 0 Å². The topological polar surface area (TPSA) is 21.3 Å². The van der Waals surface area contributed by atoms with E-state index in [1.807, 2.05) is 13.8 Å². The Balaban J connectivity index is 2.97.